The van der Waals surface area contributed by atoms with Crippen molar-refractivity contribution in [2.45, 2.75) is 64.8 Å². The van der Waals surface area contributed by atoms with Gasteiger partial charge in [0.1, 0.15) is 0 Å². The Balaban J connectivity index is 4.15. The first kappa shape index (κ1) is 13.8. The van der Waals surface area contributed by atoms with Crippen LogP contribution in [0.5, 0.6) is 0 Å². The quantitative estimate of drug-likeness (QED) is 0.457. The highest BCUT2D eigenvalue weighted by molar-refractivity contribution is 6.39. The van der Waals surface area contributed by atoms with Crippen LogP contribution in [0.15, 0.2) is 0 Å². The van der Waals surface area contributed by atoms with Crippen molar-refractivity contribution in [2.75, 3.05) is 6.61 Å². The molecule has 3 heteroatoms. The molecule has 0 aliphatic rings. The van der Waals surface area contributed by atoms with Crippen molar-refractivity contribution in [3.05, 3.63) is 0 Å². The second kappa shape index (κ2) is 7.15. The third-order valence-electron chi connectivity index (χ3n) is 3.19. The summed E-state index contributed by atoms with van der Waals surface area (Å²) in [5.41, 5.74) is 0. The van der Waals surface area contributed by atoms with Gasteiger partial charge in [0.15, 0.2) is 0 Å². The zero-order valence-corrected chi connectivity index (χ0v) is 11.1. The summed E-state index contributed by atoms with van der Waals surface area (Å²) >= 11 is 0. The second-order valence-corrected chi connectivity index (χ2v) is 5.75. The minimum Gasteiger partial charge on any atom is -0.524 e. The van der Waals surface area contributed by atoms with Crippen LogP contribution in [0.4, 0.5) is 0 Å². The molecule has 0 aliphatic heterocycles. The molecule has 0 amide bonds. The zero-order chi connectivity index (χ0) is 11.0. The van der Waals surface area contributed by atoms with Crippen molar-refractivity contribution in [1.29, 1.82) is 0 Å². The molecule has 0 aromatic heterocycles. The lowest BCUT2D eigenvalue weighted by molar-refractivity contribution is 0.246. The summed E-state index contributed by atoms with van der Waals surface area (Å²) in [5, 5.41) is -0.0432. The highest BCUT2D eigenvalue weighted by Gasteiger charge is 2.37. The van der Waals surface area contributed by atoms with Gasteiger partial charge in [-0.1, -0.05) is 34.1 Å². The number of hydrogen-bond acceptors (Lipinski definition) is 2. The van der Waals surface area contributed by atoms with Crippen molar-refractivity contribution < 1.29 is 8.89 Å². The van der Waals surface area contributed by atoms with Gasteiger partial charge in [0.05, 0.1) is 6.61 Å². The van der Waals surface area contributed by atoms with Crippen LogP contribution in [-0.4, -0.2) is 15.5 Å². The predicted molar refractivity (Wildman–Crippen MR) is 60.9 cm³/mol. The van der Waals surface area contributed by atoms with Crippen LogP contribution in [0.1, 0.15) is 59.8 Å². The van der Waals surface area contributed by atoms with Crippen molar-refractivity contribution in [1.82, 2.24) is 0 Å². The molecule has 0 spiro atoms. The molecule has 0 radical (unpaired) electrons. The van der Waals surface area contributed by atoms with E-state index in [4.69, 9.17) is 4.43 Å². The molecule has 84 valence electrons. The predicted octanol–water partition coefficient (Wildman–Crippen LogP) is 3.69. The van der Waals surface area contributed by atoms with E-state index in [1.807, 2.05) is 0 Å². The van der Waals surface area contributed by atoms with Gasteiger partial charge in [0, 0.05) is 5.04 Å². The van der Waals surface area contributed by atoms with E-state index in [-0.39, 0.29) is 5.04 Å². The molecule has 0 aliphatic carbocycles. The van der Waals surface area contributed by atoms with E-state index >= 15 is 0 Å². The molecule has 0 heterocycles. The molecule has 2 nitrogen and oxygen atoms in total. The van der Waals surface area contributed by atoms with Crippen molar-refractivity contribution in [2.24, 2.45) is 0 Å². The van der Waals surface area contributed by atoms with Crippen LogP contribution in [0.3, 0.4) is 0 Å². The Kier molecular flexibility index (Phi) is 7.06. The monoisotopic (exact) mass is 216 g/mol. The highest BCUT2D eigenvalue weighted by Crippen LogP contribution is 2.39. The van der Waals surface area contributed by atoms with Crippen LogP contribution < -0.4 is 0 Å². The zero-order valence-electron chi connectivity index (χ0n) is 10.1. The Morgan fingerprint density at radius 3 is 1.93 bits per heavy atom. The molecule has 0 aromatic carbocycles. The van der Waals surface area contributed by atoms with Crippen LogP contribution in [0, 0.1) is 0 Å². The molecular formula is C11H24O2Si. The lowest BCUT2D eigenvalue weighted by atomic mass is 9.99. The maximum absolute atomic E-state index is 12.0. The van der Waals surface area contributed by atoms with E-state index in [2.05, 4.69) is 27.7 Å². The average molecular weight is 216 g/mol. The third kappa shape index (κ3) is 3.52. The van der Waals surface area contributed by atoms with Crippen LogP contribution in [-0.2, 0) is 8.89 Å². The number of hydrogen-bond donors (Lipinski definition) is 0. The maximum atomic E-state index is 12.0. The summed E-state index contributed by atoms with van der Waals surface area (Å²) in [7, 11) is -1.86. The molecule has 0 rings (SSSR count). The maximum Gasteiger partial charge on any atom is 0.509 e. The summed E-state index contributed by atoms with van der Waals surface area (Å²) < 4.78 is 17.5. The van der Waals surface area contributed by atoms with Gasteiger partial charge in [-0.2, -0.15) is 0 Å². The van der Waals surface area contributed by atoms with Gasteiger partial charge in [-0.05, 0) is 25.7 Å². The normalized spacial score (nSPS) is 11.4. The van der Waals surface area contributed by atoms with Crippen molar-refractivity contribution in [3.8, 4) is 0 Å². The fourth-order valence-corrected chi connectivity index (χ4v) is 3.15. The smallest absolute Gasteiger partial charge is 0.509 e. The van der Waals surface area contributed by atoms with Gasteiger partial charge in [-0.25, -0.2) is 0 Å². The van der Waals surface area contributed by atoms with E-state index < -0.39 is 8.93 Å². The number of unbranched alkanes of at least 4 members (excludes halogenated alkanes) is 1. The first-order valence-electron chi connectivity index (χ1n) is 5.84. The third-order valence-corrected chi connectivity index (χ3v) is 5.59. The number of rotatable bonds is 8. The fraction of sp³-hybridized carbons (Fsp3) is 1.00. The Bertz CT molecular complexity index is 156. The van der Waals surface area contributed by atoms with Gasteiger partial charge in [-0.15, -0.1) is 0 Å². The molecule has 0 saturated carbocycles. The lowest BCUT2D eigenvalue weighted by Crippen LogP contribution is -2.27. The molecule has 0 bridgehead atoms. The Morgan fingerprint density at radius 2 is 1.57 bits per heavy atom. The van der Waals surface area contributed by atoms with Crippen molar-refractivity contribution in [3.63, 3.8) is 0 Å². The summed E-state index contributed by atoms with van der Waals surface area (Å²) in [6.07, 6.45) is 5.01. The minimum atomic E-state index is -1.86. The molecular weight excluding hydrogens is 192 g/mol. The van der Waals surface area contributed by atoms with E-state index in [0.29, 0.717) is 6.61 Å². The summed E-state index contributed by atoms with van der Waals surface area (Å²) in [4.78, 5) is 0. The fourth-order valence-electron chi connectivity index (χ4n) is 1.65. The summed E-state index contributed by atoms with van der Waals surface area (Å²) in [6, 6.07) is 0. The largest absolute Gasteiger partial charge is 0.524 e. The highest BCUT2D eigenvalue weighted by atomic mass is 28.3. The molecule has 0 N–H and O–H groups in total. The van der Waals surface area contributed by atoms with E-state index in [1.165, 1.54) is 0 Å². The molecule has 0 atom stereocenters. The standard InChI is InChI=1S/C11H24O2Si/c1-5-9-10-13-14(12)11(6-2,7-3)8-4/h5-10H2,1-4H3. The lowest BCUT2D eigenvalue weighted by Gasteiger charge is -2.26. The molecule has 0 saturated heterocycles. The first-order valence-corrected chi connectivity index (χ1v) is 7.15. The van der Waals surface area contributed by atoms with Gasteiger partial charge in [0.2, 0.25) is 0 Å². The van der Waals surface area contributed by atoms with E-state index in [1.54, 1.807) is 0 Å². The van der Waals surface area contributed by atoms with Crippen LogP contribution in [0.2, 0.25) is 5.04 Å². The van der Waals surface area contributed by atoms with E-state index in [0.717, 1.165) is 32.1 Å². The Labute approximate surface area is 89.8 Å². The van der Waals surface area contributed by atoms with Gasteiger partial charge in [0.25, 0.3) is 0 Å². The molecule has 0 fully saturated rings. The van der Waals surface area contributed by atoms with Crippen LogP contribution >= 0.6 is 0 Å². The minimum absolute atomic E-state index is 0.0432. The van der Waals surface area contributed by atoms with Gasteiger partial charge < -0.3 is 8.89 Å². The average Bonchev–Trinajstić information content (AvgIpc) is 2.22. The Morgan fingerprint density at radius 1 is 1.07 bits per heavy atom. The summed E-state index contributed by atoms with van der Waals surface area (Å²) in [6.45, 7) is 9.11. The topological polar surface area (TPSA) is 26.3 Å². The van der Waals surface area contributed by atoms with Gasteiger partial charge >= 0.3 is 8.93 Å². The Hall–Kier alpha value is -0.183. The summed E-state index contributed by atoms with van der Waals surface area (Å²) in [5.74, 6) is 0. The molecule has 0 aromatic rings. The van der Waals surface area contributed by atoms with Crippen LogP contribution in [0.25, 0.3) is 0 Å². The molecule has 14 heavy (non-hydrogen) atoms. The van der Waals surface area contributed by atoms with Gasteiger partial charge in [-0.3, -0.25) is 0 Å². The first-order chi connectivity index (χ1) is 6.66. The van der Waals surface area contributed by atoms with Crippen molar-refractivity contribution >= 4 is 8.93 Å². The SMILES string of the molecule is CCCCO[Si](=O)C(CC)(CC)CC. The second-order valence-electron chi connectivity index (χ2n) is 3.83. The van der Waals surface area contributed by atoms with E-state index in [9.17, 15) is 4.46 Å². The molecule has 0 unspecified atom stereocenters.